The molecule has 1 N–H and O–H groups in total. The van der Waals surface area contributed by atoms with E-state index in [9.17, 15) is 0 Å². The summed E-state index contributed by atoms with van der Waals surface area (Å²) in [5.74, 6) is 0. The van der Waals surface area contributed by atoms with Crippen LogP contribution in [-0.2, 0) is 18.4 Å². The Kier molecular flexibility index (Phi) is 2.75. The topological polar surface area (TPSA) is 39.1 Å². The van der Waals surface area contributed by atoms with Crippen LogP contribution < -0.4 is 5.32 Å². The molecule has 0 radical (unpaired) electrons. The first-order chi connectivity index (χ1) is 7.02. The van der Waals surface area contributed by atoms with Gasteiger partial charge in [0.25, 0.3) is 0 Å². The number of aryl methyl sites for hydroxylation is 2. The van der Waals surface area contributed by atoms with E-state index < -0.39 is 0 Å². The van der Waals surface area contributed by atoms with Crippen molar-refractivity contribution in [3.8, 4) is 0 Å². The zero-order valence-electron chi connectivity index (χ0n) is 9.30. The summed E-state index contributed by atoms with van der Waals surface area (Å²) < 4.78 is 7.60. The predicted octanol–water partition coefficient (Wildman–Crippen LogP) is 1.26. The molecule has 0 unspecified atom stereocenters. The highest BCUT2D eigenvalue weighted by Gasteiger charge is 2.32. The van der Waals surface area contributed by atoms with Gasteiger partial charge in [-0.1, -0.05) is 11.6 Å². The van der Waals surface area contributed by atoms with Crippen LogP contribution in [0.15, 0.2) is 0 Å². The van der Waals surface area contributed by atoms with E-state index in [1.807, 2.05) is 14.0 Å². The van der Waals surface area contributed by atoms with Crippen molar-refractivity contribution in [3.63, 3.8) is 0 Å². The van der Waals surface area contributed by atoms with Gasteiger partial charge in [-0.2, -0.15) is 5.10 Å². The number of aromatic nitrogens is 2. The van der Waals surface area contributed by atoms with Crippen LogP contribution in [0.5, 0.6) is 0 Å². The molecule has 1 aromatic heterocycles. The third kappa shape index (κ3) is 2.02. The number of hydrogen-bond acceptors (Lipinski definition) is 3. The molecule has 1 saturated heterocycles. The van der Waals surface area contributed by atoms with E-state index in [1.54, 1.807) is 4.68 Å². The third-order valence-corrected chi connectivity index (χ3v) is 3.31. The minimum atomic E-state index is -0.0402. The number of rotatable bonds is 3. The van der Waals surface area contributed by atoms with E-state index in [-0.39, 0.29) is 5.60 Å². The van der Waals surface area contributed by atoms with Crippen LogP contribution in [0.3, 0.4) is 0 Å². The molecule has 0 aromatic carbocycles. The molecule has 4 nitrogen and oxygen atoms in total. The fourth-order valence-electron chi connectivity index (χ4n) is 1.66. The van der Waals surface area contributed by atoms with Crippen molar-refractivity contribution >= 4 is 11.6 Å². The van der Waals surface area contributed by atoms with Crippen LogP contribution in [-0.4, -0.2) is 28.5 Å². The van der Waals surface area contributed by atoms with Crippen molar-refractivity contribution < 1.29 is 4.74 Å². The quantitative estimate of drug-likeness (QED) is 0.848. The number of halogens is 1. The molecule has 5 heteroatoms. The van der Waals surface area contributed by atoms with Crippen LogP contribution in [0, 0.1) is 6.92 Å². The summed E-state index contributed by atoms with van der Waals surface area (Å²) in [6, 6.07) is 0. The Morgan fingerprint density at radius 2 is 2.27 bits per heavy atom. The lowest BCUT2D eigenvalue weighted by Gasteiger charge is -2.39. The summed E-state index contributed by atoms with van der Waals surface area (Å²) >= 11 is 6.13. The smallest absolute Gasteiger partial charge is 0.0908 e. The van der Waals surface area contributed by atoms with Crippen molar-refractivity contribution in [1.82, 2.24) is 15.1 Å². The highest BCUT2D eigenvalue weighted by Crippen LogP contribution is 2.23. The molecule has 1 aliphatic heterocycles. The second kappa shape index (κ2) is 3.77. The van der Waals surface area contributed by atoms with E-state index in [0.717, 1.165) is 24.5 Å². The lowest BCUT2D eigenvalue weighted by atomic mass is 10.0. The van der Waals surface area contributed by atoms with Crippen molar-refractivity contribution in [3.05, 3.63) is 16.4 Å². The monoisotopic (exact) mass is 229 g/mol. The van der Waals surface area contributed by atoms with Gasteiger partial charge in [0.05, 0.1) is 28.6 Å². The van der Waals surface area contributed by atoms with Crippen LogP contribution in [0.1, 0.15) is 18.3 Å². The SMILES string of the molecule is Cc1nn(C)c(COC2(C)CNC2)c1Cl. The first-order valence-electron chi connectivity index (χ1n) is 5.04. The maximum atomic E-state index is 6.13. The summed E-state index contributed by atoms with van der Waals surface area (Å²) in [5, 5.41) is 8.15. The molecule has 1 aliphatic rings. The third-order valence-electron chi connectivity index (χ3n) is 2.82. The fourth-order valence-corrected chi connectivity index (χ4v) is 1.87. The predicted molar refractivity (Wildman–Crippen MR) is 59.0 cm³/mol. The van der Waals surface area contributed by atoms with Gasteiger partial charge in [0.15, 0.2) is 0 Å². The average molecular weight is 230 g/mol. The Hall–Kier alpha value is -0.580. The minimum Gasteiger partial charge on any atom is -0.366 e. The largest absolute Gasteiger partial charge is 0.366 e. The van der Waals surface area contributed by atoms with E-state index >= 15 is 0 Å². The van der Waals surface area contributed by atoms with Crippen LogP contribution in [0.25, 0.3) is 0 Å². The number of nitrogens with zero attached hydrogens (tertiary/aromatic N) is 2. The zero-order valence-corrected chi connectivity index (χ0v) is 10.1. The van der Waals surface area contributed by atoms with Gasteiger partial charge in [-0.3, -0.25) is 4.68 Å². The Labute approximate surface area is 94.6 Å². The normalized spacial score (nSPS) is 18.9. The molecule has 0 spiro atoms. The highest BCUT2D eigenvalue weighted by molar-refractivity contribution is 6.31. The van der Waals surface area contributed by atoms with Crippen LogP contribution in [0.4, 0.5) is 0 Å². The van der Waals surface area contributed by atoms with Crippen LogP contribution >= 0.6 is 11.6 Å². The number of ether oxygens (including phenoxy) is 1. The second-order valence-electron chi connectivity index (χ2n) is 4.31. The Balaban J connectivity index is 2.04. The van der Waals surface area contributed by atoms with Gasteiger partial charge in [0.1, 0.15) is 0 Å². The van der Waals surface area contributed by atoms with Gasteiger partial charge < -0.3 is 10.1 Å². The maximum Gasteiger partial charge on any atom is 0.0908 e. The molecule has 1 fully saturated rings. The van der Waals surface area contributed by atoms with Gasteiger partial charge in [-0.05, 0) is 13.8 Å². The minimum absolute atomic E-state index is 0.0402. The van der Waals surface area contributed by atoms with Crippen molar-refractivity contribution in [1.29, 1.82) is 0 Å². The molecule has 2 heterocycles. The van der Waals surface area contributed by atoms with E-state index in [0.29, 0.717) is 11.6 Å². The molecule has 0 amide bonds. The summed E-state index contributed by atoms with van der Waals surface area (Å²) in [7, 11) is 1.89. The fraction of sp³-hybridized carbons (Fsp3) is 0.700. The Morgan fingerprint density at radius 3 is 2.67 bits per heavy atom. The average Bonchev–Trinajstić information content (AvgIpc) is 2.36. The van der Waals surface area contributed by atoms with E-state index in [2.05, 4.69) is 17.3 Å². The van der Waals surface area contributed by atoms with Gasteiger partial charge in [-0.25, -0.2) is 0 Å². The lowest BCUT2D eigenvalue weighted by molar-refractivity contribution is -0.0786. The Morgan fingerprint density at radius 1 is 1.60 bits per heavy atom. The summed E-state index contributed by atoms with van der Waals surface area (Å²) in [6.07, 6.45) is 0. The molecule has 2 rings (SSSR count). The molecule has 0 bridgehead atoms. The molecular weight excluding hydrogens is 214 g/mol. The lowest BCUT2D eigenvalue weighted by Crippen LogP contribution is -2.58. The highest BCUT2D eigenvalue weighted by atomic mass is 35.5. The molecule has 15 heavy (non-hydrogen) atoms. The van der Waals surface area contributed by atoms with E-state index in [1.165, 1.54) is 0 Å². The van der Waals surface area contributed by atoms with Crippen molar-refractivity contribution in [2.45, 2.75) is 26.1 Å². The van der Waals surface area contributed by atoms with Crippen molar-refractivity contribution in [2.75, 3.05) is 13.1 Å². The first kappa shape index (κ1) is 10.9. The Bertz CT molecular complexity index is 371. The van der Waals surface area contributed by atoms with Gasteiger partial charge in [0.2, 0.25) is 0 Å². The summed E-state index contributed by atoms with van der Waals surface area (Å²) in [5.41, 5.74) is 1.76. The molecule has 0 aliphatic carbocycles. The molecule has 1 aromatic rings. The molecule has 0 saturated carbocycles. The standard InChI is InChI=1S/C10H16ClN3O/c1-7-9(11)8(14(3)13-7)4-15-10(2)5-12-6-10/h12H,4-6H2,1-3H3. The van der Waals surface area contributed by atoms with Gasteiger partial charge >= 0.3 is 0 Å². The number of nitrogens with one attached hydrogen (secondary N) is 1. The van der Waals surface area contributed by atoms with Gasteiger partial charge in [-0.15, -0.1) is 0 Å². The molecular formula is C10H16ClN3O. The molecule has 84 valence electrons. The second-order valence-corrected chi connectivity index (χ2v) is 4.69. The first-order valence-corrected chi connectivity index (χ1v) is 5.42. The van der Waals surface area contributed by atoms with Gasteiger partial charge in [0, 0.05) is 20.1 Å². The van der Waals surface area contributed by atoms with Crippen molar-refractivity contribution in [2.24, 2.45) is 7.05 Å². The summed E-state index contributed by atoms with van der Waals surface area (Å²) in [4.78, 5) is 0. The number of hydrogen-bond donors (Lipinski definition) is 1. The maximum absolute atomic E-state index is 6.13. The van der Waals surface area contributed by atoms with E-state index in [4.69, 9.17) is 16.3 Å². The zero-order chi connectivity index (χ0) is 11.1. The van der Waals surface area contributed by atoms with Crippen LogP contribution in [0.2, 0.25) is 5.02 Å². The summed E-state index contributed by atoms with van der Waals surface area (Å²) in [6.45, 7) is 6.33. The molecule has 0 atom stereocenters.